The number of nitrogens with two attached hydrogens (primary N) is 1. The normalized spacial score (nSPS) is 24.4. The maximum Gasteiger partial charge on any atom is 0.00970 e. The lowest BCUT2D eigenvalue weighted by Crippen LogP contribution is -2.31. The van der Waals surface area contributed by atoms with Gasteiger partial charge < -0.3 is 5.73 Å². The van der Waals surface area contributed by atoms with E-state index in [4.69, 9.17) is 5.73 Å². The zero-order valence-corrected chi connectivity index (χ0v) is 11.6. The van der Waals surface area contributed by atoms with Crippen LogP contribution in [0.2, 0.25) is 0 Å². The van der Waals surface area contributed by atoms with Crippen molar-refractivity contribution < 1.29 is 0 Å². The molecule has 1 aliphatic rings. The monoisotopic (exact) mass is 223 g/mol. The largest absolute Gasteiger partial charge is 0.326 e. The smallest absolute Gasteiger partial charge is 0.00970 e. The van der Waals surface area contributed by atoms with Gasteiger partial charge >= 0.3 is 0 Å². The minimum Gasteiger partial charge on any atom is -0.326 e. The molecule has 0 fully saturated rings. The molecule has 0 spiro atoms. The van der Waals surface area contributed by atoms with Gasteiger partial charge in [0, 0.05) is 11.0 Å². The molecule has 0 bridgehead atoms. The molecule has 16 heavy (non-hydrogen) atoms. The fourth-order valence-electron chi connectivity index (χ4n) is 2.28. The Labute approximate surface area is 101 Å². The number of unbranched alkanes of at least 4 members (excludes halogenated alkanes) is 3. The molecule has 2 N–H and O–H groups in total. The quantitative estimate of drug-likeness (QED) is 0.478. The van der Waals surface area contributed by atoms with Crippen molar-refractivity contribution in [3.8, 4) is 0 Å². The van der Waals surface area contributed by atoms with E-state index in [9.17, 15) is 0 Å². The minimum atomic E-state index is 0.0276. The van der Waals surface area contributed by atoms with Crippen molar-refractivity contribution in [2.24, 2.45) is 11.1 Å². The summed E-state index contributed by atoms with van der Waals surface area (Å²) in [5.74, 6) is 0. The fraction of sp³-hybridized carbons (Fsp3) is 0.867. The Balaban J connectivity index is 1.92. The second kappa shape index (κ2) is 5.35. The van der Waals surface area contributed by atoms with Gasteiger partial charge in [0.2, 0.25) is 0 Å². The van der Waals surface area contributed by atoms with E-state index in [1.807, 2.05) is 0 Å². The van der Waals surface area contributed by atoms with E-state index in [-0.39, 0.29) is 5.54 Å². The molecule has 0 amide bonds. The predicted octanol–water partition coefficient (Wildman–Crippen LogP) is 4.42. The lowest BCUT2D eigenvalue weighted by atomic mass is 9.95. The molecule has 0 saturated carbocycles. The van der Waals surface area contributed by atoms with Crippen molar-refractivity contribution in [1.82, 2.24) is 0 Å². The molecule has 0 aromatic rings. The Morgan fingerprint density at radius 3 is 2.31 bits per heavy atom. The van der Waals surface area contributed by atoms with Gasteiger partial charge in [-0.25, -0.2) is 0 Å². The van der Waals surface area contributed by atoms with E-state index in [1.54, 1.807) is 5.57 Å². The average molecular weight is 223 g/mol. The zero-order chi connectivity index (χ0) is 12.2. The molecular weight excluding hydrogens is 194 g/mol. The summed E-state index contributed by atoms with van der Waals surface area (Å²) < 4.78 is 0. The highest BCUT2D eigenvalue weighted by atomic mass is 14.7. The molecule has 1 aliphatic carbocycles. The standard InChI is InChI=1S/C15H29N/c1-5-15(4)12-13(15)10-8-6-7-9-11-14(2,3)16/h12H,5-11,16H2,1-4H3. The van der Waals surface area contributed by atoms with Gasteiger partial charge in [-0.2, -0.15) is 0 Å². The third-order valence-corrected chi connectivity index (χ3v) is 3.89. The summed E-state index contributed by atoms with van der Waals surface area (Å²) in [6.07, 6.45) is 11.6. The van der Waals surface area contributed by atoms with Gasteiger partial charge in [-0.3, -0.25) is 0 Å². The molecule has 0 aliphatic heterocycles. The van der Waals surface area contributed by atoms with Crippen LogP contribution >= 0.6 is 0 Å². The first-order valence-corrected chi connectivity index (χ1v) is 6.88. The number of hydrogen-bond acceptors (Lipinski definition) is 1. The summed E-state index contributed by atoms with van der Waals surface area (Å²) >= 11 is 0. The zero-order valence-electron chi connectivity index (χ0n) is 11.6. The molecule has 1 nitrogen and oxygen atoms in total. The van der Waals surface area contributed by atoms with E-state index >= 15 is 0 Å². The maximum atomic E-state index is 5.95. The van der Waals surface area contributed by atoms with Crippen molar-refractivity contribution in [2.45, 2.75) is 78.2 Å². The molecule has 1 atom stereocenters. The summed E-state index contributed by atoms with van der Waals surface area (Å²) in [7, 11) is 0. The Hall–Kier alpha value is -0.300. The molecule has 0 radical (unpaired) electrons. The highest BCUT2D eigenvalue weighted by Gasteiger charge is 2.35. The third-order valence-electron chi connectivity index (χ3n) is 3.89. The van der Waals surface area contributed by atoms with Gasteiger partial charge in [-0.05, 0) is 39.5 Å². The van der Waals surface area contributed by atoms with Gasteiger partial charge in [-0.15, -0.1) is 0 Å². The Bertz CT molecular complexity index is 247. The predicted molar refractivity (Wildman–Crippen MR) is 72.4 cm³/mol. The van der Waals surface area contributed by atoms with Gasteiger partial charge in [0.25, 0.3) is 0 Å². The van der Waals surface area contributed by atoms with Crippen LogP contribution in [0.25, 0.3) is 0 Å². The number of rotatable bonds is 8. The highest BCUT2D eigenvalue weighted by molar-refractivity contribution is 5.36. The number of allylic oxidation sites excluding steroid dienone is 2. The van der Waals surface area contributed by atoms with Crippen LogP contribution < -0.4 is 5.73 Å². The van der Waals surface area contributed by atoms with Crippen molar-refractivity contribution in [2.75, 3.05) is 0 Å². The minimum absolute atomic E-state index is 0.0276. The van der Waals surface area contributed by atoms with Crippen LogP contribution in [0, 0.1) is 5.41 Å². The fourth-order valence-corrected chi connectivity index (χ4v) is 2.28. The first kappa shape index (κ1) is 13.8. The van der Waals surface area contributed by atoms with E-state index in [1.165, 1.54) is 38.5 Å². The first-order chi connectivity index (χ1) is 7.37. The summed E-state index contributed by atoms with van der Waals surface area (Å²) in [5, 5.41) is 0. The summed E-state index contributed by atoms with van der Waals surface area (Å²) in [5.41, 5.74) is 8.20. The van der Waals surface area contributed by atoms with Crippen molar-refractivity contribution in [3.05, 3.63) is 11.6 Å². The van der Waals surface area contributed by atoms with Gasteiger partial charge in [0.15, 0.2) is 0 Å². The van der Waals surface area contributed by atoms with Crippen LogP contribution in [0.5, 0.6) is 0 Å². The van der Waals surface area contributed by atoms with Crippen LogP contribution in [0.4, 0.5) is 0 Å². The molecule has 1 heteroatoms. The van der Waals surface area contributed by atoms with Crippen LogP contribution in [-0.2, 0) is 0 Å². The van der Waals surface area contributed by atoms with E-state index in [0.717, 1.165) is 6.42 Å². The topological polar surface area (TPSA) is 26.0 Å². The lowest BCUT2D eigenvalue weighted by Gasteiger charge is -2.17. The van der Waals surface area contributed by atoms with Gasteiger partial charge in [0.1, 0.15) is 0 Å². The molecule has 94 valence electrons. The highest BCUT2D eigenvalue weighted by Crippen LogP contribution is 2.49. The molecule has 0 heterocycles. The van der Waals surface area contributed by atoms with Crippen molar-refractivity contribution in [1.29, 1.82) is 0 Å². The third kappa shape index (κ3) is 4.69. The second-order valence-corrected chi connectivity index (χ2v) is 6.34. The SMILES string of the molecule is CCC1(C)C=C1CCCCCCC(C)(C)N. The summed E-state index contributed by atoms with van der Waals surface area (Å²) in [4.78, 5) is 0. The van der Waals surface area contributed by atoms with Gasteiger partial charge in [-0.1, -0.05) is 44.8 Å². The molecule has 0 aromatic heterocycles. The average Bonchev–Trinajstić information content (AvgIpc) is 2.83. The molecule has 0 saturated heterocycles. The van der Waals surface area contributed by atoms with E-state index < -0.39 is 0 Å². The number of hydrogen-bond donors (Lipinski definition) is 1. The molecule has 1 rings (SSSR count). The Morgan fingerprint density at radius 1 is 1.19 bits per heavy atom. The first-order valence-electron chi connectivity index (χ1n) is 6.88. The Kier molecular flexibility index (Phi) is 4.61. The maximum absolute atomic E-state index is 5.95. The van der Waals surface area contributed by atoms with Crippen LogP contribution in [0.15, 0.2) is 11.6 Å². The van der Waals surface area contributed by atoms with E-state index in [0.29, 0.717) is 5.41 Å². The van der Waals surface area contributed by atoms with Crippen molar-refractivity contribution in [3.63, 3.8) is 0 Å². The van der Waals surface area contributed by atoms with Crippen molar-refractivity contribution >= 4 is 0 Å². The van der Waals surface area contributed by atoms with Gasteiger partial charge in [0.05, 0.1) is 0 Å². The van der Waals surface area contributed by atoms with Crippen LogP contribution in [0.3, 0.4) is 0 Å². The second-order valence-electron chi connectivity index (χ2n) is 6.34. The summed E-state index contributed by atoms with van der Waals surface area (Å²) in [6.45, 7) is 8.88. The summed E-state index contributed by atoms with van der Waals surface area (Å²) in [6, 6.07) is 0. The lowest BCUT2D eigenvalue weighted by molar-refractivity contribution is 0.442. The molecular formula is C15H29N. The molecule has 0 aromatic carbocycles. The van der Waals surface area contributed by atoms with E-state index in [2.05, 4.69) is 33.8 Å². The Morgan fingerprint density at radius 2 is 1.81 bits per heavy atom. The molecule has 1 unspecified atom stereocenters. The van der Waals surface area contributed by atoms with Crippen LogP contribution in [0.1, 0.15) is 72.6 Å². The van der Waals surface area contributed by atoms with Crippen LogP contribution in [-0.4, -0.2) is 5.54 Å².